The van der Waals surface area contributed by atoms with Crippen molar-refractivity contribution in [3.63, 3.8) is 0 Å². The molecule has 6 heteroatoms. The van der Waals surface area contributed by atoms with Gasteiger partial charge in [-0.25, -0.2) is 0 Å². The van der Waals surface area contributed by atoms with Crippen LogP contribution >= 0.6 is 12.4 Å². The van der Waals surface area contributed by atoms with Crippen LogP contribution < -0.4 is 15.4 Å². The van der Waals surface area contributed by atoms with Crippen molar-refractivity contribution in [1.82, 2.24) is 10.6 Å². The summed E-state index contributed by atoms with van der Waals surface area (Å²) in [6, 6.07) is 9.97. The molecule has 1 amide bonds. The highest BCUT2D eigenvalue weighted by molar-refractivity contribution is 5.91. The Bertz CT molecular complexity index is 744. The number of aryl methyl sites for hydroxylation is 2. The van der Waals surface area contributed by atoms with E-state index in [1.807, 2.05) is 19.1 Å². The molecule has 0 radical (unpaired) electrons. The van der Waals surface area contributed by atoms with Crippen LogP contribution in [0.5, 0.6) is 5.75 Å². The average molecular weight is 379 g/mol. The number of piperidine rings is 1. The quantitative estimate of drug-likeness (QED) is 0.831. The topological polar surface area (TPSA) is 63.5 Å². The largest absolute Gasteiger partial charge is 0.485 e. The van der Waals surface area contributed by atoms with Gasteiger partial charge >= 0.3 is 0 Å². The third kappa shape index (κ3) is 5.02. The summed E-state index contributed by atoms with van der Waals surface area (Å²) < 4.78 is 11.5. The maximum absolute atomic E-state index is 12.4. The molecular weight excluding hydrogens is 352 g/mol. The molecule has 0 bridgehead atoms. The number of carbonyl (C=O) groups is 1. The van der Waals surface area contributed by atoms with Crippen molar-refractivity contribution in [3.8, 4) is 5.75 Å². The van der Waals surface area contributed by atoms with E-state index >= 15 is 0 Å². The number of carbonyl (C=O) groups excluding carboxylic acids is 1. The average Bonchev–Trinajstić information content (AvgIpc) is 3.05. The van der Waals surface area contributed by atoms with E-state index in [-0.39, 0.29) is 30.4 Å². The molecule has 5 nitrogen and oxygen atoms in total. The molecule has 0 aliphatic carbocycles. The smallest absolute Gasteiger partial charge is 0.287 e. The first-order valence-corrected chi connectivity index (χ1v) is 8.86. The highest BCUT2D eigenvalue weighted by Crippen LogP contribution is 2.20. The Kier molecular flexibility index (Phi) is 7.12. The van der Waals surface area contributed by atoms with Crippen LogP contribution in [0.3, 0.4) is 0 Å². The van der Waals surface area contributed by atoms with Gasteiger partial charge in [-0.15, -0.1) is 12.4 Å². The van der Waals surface area contributed by atoms with Crippen molar-refractivity contribution in [1.29, 1.82) is 0 Å². The summed E-state index contributed by atoms with van der Waals surface area (Å²) in [6.45, 7) is 7.47. The van der Waals surface area contributed by atoms with Crippen LogP contribution in [-0.4, -0.2) is 24.5 Å². The number of rotatable bonds is 5. The van der Waals surface area contributed by atoms with Crippen LogP contribution in [0.2, 0.25) is 0 Å². The molecule has 1 saturated heterocycles. The molecule has 2 atom stereocenters. The van der Waals surface area contributed by atoms with E-state index in [0.29, 0.717) is 18.1 Å². The SMILES string of the molecule is Cc1ccc(OCc2ccc(C(=O)NC3CCCNC3C)o2)c(C)c1.Cl. The zero-order valence-electron chi connectivity index (χ0n) is 15.5. The molecule has 1 aromatic carbocycles. The van der Waals surface area contributed by atoms with Crippen molar-refractivity contribution in [2.24, 2.45) is 0 Å². The molecule has 2 heterocycles. The number of amides is 1. The molecule has 26 heavy (non-hydrogen) atoms. The summed E-state index contributed by atoms with van der Waals surface area (Å²) in [5.41, 5.74) is 2.29. The van der Waals surface area contributed by atoms with Crippen LogP contribution in [-0.2, 0) is 6.61 Å². The fraction of sp³-hybridized carbons (Fsp3) is 0.450. The summed E-state index contributed by atoms with van der Waals surface area (Å²) in [7, 11) is 0. The minimum Gasteiger partial charge on any atom is -0.485 e. The maximum Gasteiger partial charge on any atom is 0.287 e. The predicted octanol–water partition coefficient (Wildman–Crippen LogP) is 3.77. The molecule has 0 saturated carbocycles. The summed E-state index contributed by atoms with van der Waals surface area (Å²) in [5.74, 6) is 1.63. The minimum atomic E-state index is -0.168. The molecule has 2 N–H and O–H groups in total. The van der Waals surface area contributed by atoms with Gasteiger partial charge in [-0.1, -0.05) is 17.7 Å². The fourth-order valence-corrected chi connectivity index (χ4v) is 3.17. The zero-order chi connectivity index (χ0) is 17.8. The number of nitrogens with one attached hydrogen (secondary N) is 2. The highest BCUT2D eigenvalue weighted by atomic mass is 35.5. The van der Waals surface area contributed by atoms with Crippen molar-refractivity contribution < 1.29 is 13.9 Å². The molecule has 1 fully saturated rings. The van der Waals surface area contributed by atoms with Crippen LogP contribution in [0.4, 0.5) is 0 Å². The standard InChI is InChI=1S/C20H26N2O3.ClH/c1-13-6-8-18(14(2)11-13)24-12-16-7-9-19(25-16)20(23)22-17-5-4-10-21-15(17)3;/h6-9,11,15,17,21H,4-5,10,12H2,1-3H3,(H,22,23);1H. The third-order valence-corrected chi connectivity index (χ3v) is 4.66. The van der Waals surface area contributed by atoms with Crippen LogP contribution in [0, 0.1) is 13.8 Å². The van der Waals surface area contributed by atoms with Gasteiger partial charge in [0.05, 0.1) is 0 Å². The molecule has 142 valence electrons. The molecule has 2 unspecified atom stereocenters. The summed E-state index contributed by atoms with van der Waals surface area (Å²) in [4.78, 5) is 12.4. The lowest BCUT2D eigenvalue weighted by Crippen LogP contribution is -2.51. The zero-order valence-corrected chi connectivity index (χ0v) is 16.3. The van der Waals surface area contributed by atoms with Gasteiger partial charge in [0.15, 0.2) is 5.76 Å². The number of furan rings is 1. The first-order chi connectivity index (χ1) is 12.0. The Morgan fingerprint density at radius 2 is 2.12 bits per heavy atom. The molecular formula is C20H27ClN2O3. The van der Waals surface area contributed by atoms with Crippen LogP contribution in [0.25, 0.3) is 0 Å². The van der Waals surface area contributed by atoms with E-state index < -0.39 is 0 Å². The summed E-state index contributed by atoms with van der Waals surface area (Å²) in [6.07, 6.45) is 2.06. The van der Waals surface area contributed by atoms with Crippen molar-refractivity contribution in [3.05, 3.63) is 53.0 Å². The van der Waals surface area contributed by atoms with E-state index in [4.69, 9.17) is 9.15 Å². The van der Waals surface area contributed by atoms with Crippen LogP contribution in [0.15, 0.2) is 34.7 Å². The minimum absolute atomic E-state index is 0. The Labute approximate surface area is 160 Å². The Balaban J connectivity index is 0.00000243. The maximum atomic E-state index is 12.4. The Hall–Kier alpha value is -1.98. The third-order valence-electron chi connectivity index (χ3n) is 4.66. The first-order valence-electron chi connectivity index (χ1n) is 8.86. The Morgan fingerprint density at radius 3 is 2.85 bits per heavy atom. The number of ether oxygens (including phenoxy) is 1. The van der Waals surface area contributed by atoms with E-state index in [1.54, 1.807) is 12.1 Å². The van der Waals surface area contributed by atoms with Crippen molar-refractivity contribution in [2.45, 2.75) is 52.3 Å². The van der Waals surface area contributed by atoms with E-state index in [0.717, 1.165) is 30.7 Å². The predicted molar refractivity (Wildman–Crippen MR) is 104 cm³/mol. The van der Waals surface area contributed by atoms with Gasteiger partial charge in [0, 0.05) is 12.1 Å². The lowest BCUT2D eigenvalue weighted by atomic mass is 10.00. The lowest BCUT2D eigenvalue weighted by molar-refractivity contribution is 0.0887. The van der Waals surface area contributed by atoms with Gasteiger partial charge in [-0.05, 0) is 63.9 Å². The second kappa shape index (κ2) is 9.10. The molecule has 1 aliphatic heterocycles. The fourth-order valence-electron chi connectivity index (χ4n) is 3.17. The van der Waals surface area contributed by atoms with Gasteiger partial charge in [0.25, 0.3) is 5.91 Å². The number of hydrogen-bond donors (Lipinski definition) is 2. The lowest BCUT2D eigenvalue weighted by Gasteiger charge is -2.30. The second-order valence-electron chi connectivity index (χ2n) is 6.79. The summed E-state index contributed by atoms with van der Waals surface area (Å²) >= 11 is 0. The number of halogens is 1. The number of hydrogen-bond acceptors (Lipinski definition) is 4. The van der Waals surface area contributed by atoms with Gasteiger partial charge in [-0.3, -0.25) is 4.79 Å². The molecule has 1 aromatic heterocycles. The van der Waals surface area contributed by atoms with Gasteiger partial charge in [-0.2, -0.15) is 0 Å². The highest BCUT2D eigenvalue weighted by Gasteiger charge is 2.24. The normalized spacial score (nSPS) is 19.5. The monoisotopic (exact) mass is 378 g/mol. The van der Waals surface area contributed by atoms with Gasteiger partial charge in [0.1, 0.15) is 18.1 Å². The van der Waals surface area contributed by atoms with Gasteiger partial charge in [0.2, 0.25) is 0 Å². The Morgan fingerprint density at radius 1 is 1.31 bits per heavy atom. The molecule has 0 spiro atoms. The first kappa shape index (κ1) is 20.3. The van der Waals surface area contributed by atoms with Gasteiger partial charge < -0.3 is 19.8 Å². The second-order valence-corrected chi connectivity index (χ2v) is 6.79. The van der Waals surface area contributed by atoms with E-state index in [2.05, 4.69) is 30.5 Å². The number of benzene rings is 1. The van der Waals surface area contributed by atoms with E-state index in [1.165, 1.54) is 5.56 Å². The van der Waals surface area contributed by atoms with Crippen molar-refractivity contribution >= 4 is 18.3 Å². The molecule has 1 aliphatic rings. The van der Waals surface area contributed by atoms with Crippen molar-refractivity contribution in [2.75, 3.05) is 6.54 Å². The molecule has 3 rings (SSSR count). The van der Waals surface area contributed by atoms with Crippen LogP contribution in [0.1, 0.15) is 47.2 Å². The molecule has 2 aromatic rings. The van der Waals surface area contributed by atoms with E-state index in [9.17, 15) is 4.79 Å². The summed E-state index contributed by atoms with van der Waals surface area (Å²) in [5, 5.41) is 6.43.